The molecular weight excluding hydrogens is 476 g/mol. The van der Waals surface area contributed by atoms with Crippen LogP contribution in [0.1, 0.15) is 62.5 Å². The first-order chi connectivity index (χ1) is 18.7. The van der Waals surface area contributed by atoms with Crippen LogP contribution in [0.3, 0.4) is 0 Å². The van der Waals surface area contributed by atoms with Crippen LogP contribution in [0.25, 0.3) is 0 Å². The number of pyridine rings is 2. The van der Waals surface area contributed by atoms with Gasteiger partial charge in [0.2, 0.25) is 11.8 Å². The third-order valence-corrected chi connectivity index (χ3v) is 8.26. The van der Waals surface area contributed by atoms with Crippen molar-refractivity contribution in [2.45, 2.75) is 64.2 Å². The third kappa shape index (κ3) is 6.63. The number of anilines is 2. The summed E-state index contributed by atoms with van der Waals surface area (Å²) < 4.78 is 0. The number of hydrogen-bond donors (Lipinski definition) is 0. The lowest BCUT2D eigenvalue weighted by Crippen LogP contribution is -2.44. The summed E-state index contributed by atoms with van der Waals surface area (Å²) >= 11 is 0. The van der Waals surface area contributed by atoms with Crippen molar-refractivity contribution in [3.05, 3.63) is 48.0 Å². The molecule has 0 atom stereocenters. The van der Waals surface area contributed by atoms with Crippen LogP contribution >= 0.6 is 0 Å². The fourth-order valence-electron chi connectivity index (χ4n) is 6.15. The molecule has 8 heteroatoms. The van der Waals surface area contributed by atoms with Crippen molar-refractivity contribution in [3.8, 4) is 0 Å². The molecule has 0 N–H and O–H groups in total. The van der Waals surface area contributed by atoms with Crippen LogP contribution in [0.2, 0.25) is 0 Å². The van der Waals surface area contributed by atoms with E-state index in [4.69, 9.17) is 0 Å². The Labute approximate surface area is 227 Å². The van der Waals surface area contributed by atoms with E-state index in [1.165, 1.54) is 35.3 Å². The van der Waals surface area contributed by atoms with E-state index in [0.29, 0.717) is 13.1 Å². The molecule has 2 aromatic heterocycles. The number of likely N-dealkylation sites (tertiary alicyclic amines) is 2. The maximum Gasteiger partial charge on any atom is 0.242 e. The SMILES string of the molecule is O=C(CN1CCCc2cnccc21)N1CCCCC1.O=C(CN1CCCc2cnccc21)N1CCCCC1. The first-order valence-corrected chi connectivity index (χ1v) is 14.6. The van der Waals surface area contributed by atoms with Crippen LogP contribution in [-0.4, -0.2) is 83.9 Å². The second-order valence-corrected chi connectivity index (χ2v) is 10.9. The Bertz CT molecular complexity index is 994. The van der Waals surface area contributed by atoms with Crippen LogP contribution in [-0.2, 0) is 22.4 Å². The summed E-state index contributed by atoms with van der Waals surface area (Å²) in [5, 5.41) is 0. The van der Waals surface area contributed by atoms with Crippen LogP contribution in [0.15, 0.2) is 36.9 Å². The molecule has 4 aliphatic rings. The molecular formula is C30H42N6O2. The Hall–Kier alpha value is -3.16. The summed E-state index contributed by atoms with van der Waals surface area (Å²) in [4.78, 5) is 41.5. The van der Waals surface area contributed by atoms with E-state index in [-0.39, 0.29) is 11.8 Å². The Morgan fingerprint density at radius 3 is 1.42 bits per heavy atom. The lowest BCUT2D eigenvalue weighted by Gasteiger charge is -2.33. The van der Waals surface area contributed by atoms with Gasteiger partial charge in [-0.3, -0.25) is 19.6 Å². The van der Waals surface area contributed by atoms with Gasteiger partial charge in [-0.1, -0.05) is 0 Å². The first kappa shape index (κ1) is 26.4. The minimum atomic E-state index is 0.282. The molecule has 0 aromatic carbocycles. The predicted octanol–water partition coefficient (Wildman–Crippen LogP) is 3.69. The fourth-order valence-corrected chi connectivity index (χ4v) is 6.15. The number of nitrogens with zero attached hydrogens (tertiary/aromatic N) is 6. The fraction of sp³-hybridized carbons (Fsp3) is 0.600. The minimum absolute atomic E-state index is 0.282. The van der Waals surface area contributed by atoms with Crippen molar-refractivity contribution in [1.82, 2.24) is 19.8 Å². The third-order valence-electron chi connectivity index (χ3n) is 8.26. The van der Waals surface area contributed by atoms with Gasteiger partial charge in [0.15, 0.2) is 0 Å². The second-order valence-electron chi connectivity index (χ2n) is 10.9. The van der Waals surface area contributed by atoms with Crippen molar-refractivity contribution in [2.24, 2.45) is 0 Å². The van der Waals surface area contributed by atoms with Crippen LogP contribution in [0, 0.1) is 0 Å². The molecule has 0 radical (unpaired) electrons. The number of aromatic nitrogens is 2. The molecule has 0 bridgehead atoms. The van der Waals surface area contributed by atoms with Crippen LogP contribution in [0.5, 0.6) is 0 Å². The molecule has 0 aliphatic carbocycles. The number of piperidine rings is 2. The summed E-state index contributed by atoms with van der Waals surface area (Å²) in [5.74, 6) is 0.564. The number of hydrogen-bond acceptors (Lipinski definition) is 6. The van der Waals surface area contributed by atoms with Crippen LogP contribution in [0.4, 0.5) is 11.4 Å². The van der Waals surface area contributed by atoms with Crippen molar-refractivity contribution in [1.29, 1.82) is 0 Å². The Morgan fingerprint density at radius 2 is 1.00 bits per heavy atom. The molecule has 0 spiro atoms. The zero-order valence-electron chi connectivity index (χ0n) is 22.7. The summed E-state index contributed by atoms with van der Waals surface area (Å²) in [6, 6.07) is 4.08. The number of carbonyl (C=O) groups is 2. The minimum Gasteiger partial charge on any atom is -0.362 e. The Morgan fingerprint density at radius 1 is 0.579 bits per heavy atom. The summed E-state index contributed by atoms with van der Waals surface area (Å²) in [6.45, 7) is 6.78. The van der Waals surface area contributed by atoms with Crippen molar-refractivity contribution < 1.29 is 9.59 Å². The van der Waals surface area contributed by atoms with E-state index >= 15 is 0 Å². The van der Waals surface area contributed by atoms with E-state index in [9.17, 15) is 9.59 Å². The summed E-state index contributed by atoms with van der Waals surface area (Å²) in [7, 11) is 0. The highest BCUT2D eigenvalue weighted by Gasteiger charge is 2.24. The molecule has 38 heavy (non-hydrogen) atoms. The smallest absolute Gasteiger partial charge is 0.242 e. The standard InChI is InChI=1S/2C15H21N3O/c2*19-15(17-8-2-1-3-9-17)12-18-10-4-5-13-11-16-7-6-14(13)18/h2*6-7,11H,1-5,8-10,12H2. The van der Waals surface area contributed by atoms with E-state index in [2.05, 4.69) is 19.8 Å². The molecule has 0 unspecified atom stereocenters. The van der Waals surface area contributed by atoms with Gasteiger partial charge in [-0.15, -0.1) is 0 Å². The van der Waals surface area contributed by atoms with Gasteiger partial charge in [-0.2, -0.15) is 0 Å². The number of amides is 2. The molecule has 2 saturated heterocycles. The number of aryl methyl sites for hydroxylation is 2. The lowest BCUT2D eigenvalue weighted by atomic mass is 10.0. The van der Waals surface area contributed by atoms with Gasteiger partial charge in [-0.25, -0.2) is 0 Å². The van der Waals surface area contributed by atoms with Crippen molar-refractivity contribution >= 4 is 23.2 Å². The molecule has 8 nitrogen and oxygen atoms in total. The lowest BCUT2D eigenvalue weighted by molar-refractivity contribution is -0.131. The average molecular weight is 519 g/mol. The van der Waals surface area contributed by atoms with Gasteiger partial charge in [0, 0.05) is 75.4 Å². The average Bonchev–Trinajstić information content (AvgIpc) is 2.99. The van der Waals surface area contributed by atoms with Gasteiger partial charge in [-0.05, 0) is 87.5 Å². The van der Waals surface area contributed by atoms with Crippen LogP contribution < -0.4 is 9.80 Å². The topological polar surface area (TPSA) is 72.9 Å². The van der Waals surface area contributed by atoms with Gasteiger partial charge in [0.25, 0.3) is 0 Å². The maximum absolute atomic E-state index is 12.3. The van der Waals surface area contributed by atoms with Gasteiger partial charge >= 0.3 is 0 Å². The zero-order valence-corrected chi connectivity index (χ0v) is 22.7. The molecule has 2 aromatic rings. The molecule has 4 aliphatic heterocycles. The monoisotopic (exact) mass is 518 g/mol. The number of rotatable bonds is 4. The summed E-state index contributed by atoms with van der Waals surface area (Å²) in [6.07, 6.45) is 19.1. The highest BCUT2D eigenvalue weighted by Crippen LogP contribution is 2.27. The zero-order chi connectivity index (χ0) is 26.2. The molecule has 2 fully saturated rings. The number of carbonyl (C=O) groups excluding carboxylic acids is 2. The summed E-state index contributed by atoms with van der Waals surface area (Å²) in [5.41, 5.74) is 4.96. The van der Waals surface area contributed by atoms with E-state index < -0.39 is 0 Å². The van der Waals surface area contributed by atoms with E-state index in [1.54, 1.807) is 0 Å². The van der Waals surface area contributed by atoms with E-state index in [0.717, 1.165) is 90.6 Å². The van der Waals surface area contributed by atoms with Crippen molar-refractivity contribution in [2.75, 3.05) is 62.2 Å². The Balaban J connectivity index is 0.000000155. The molecule has 0 saturated carbocycles. The molecule has 204 valence electrons. The largest absolute Gasteiger partial charge is 0.362 e. The number of fused-ring (bicyclic) bond motifs is 2. The van der Waals surface area contributed by atoms with Gasteiger partial charge in [0.1, 0.15) is 0 Å². The molecule has 6 heterocycles. The first-order valence-electron chi connectivity index (χ1n) is 14.6. The van der Waals surface area contributed by atoms with Gasteiger partial charge in [0.05, 0.1) is 13.1 Å². The van der Waals surface area contributed by atoms with E-state index in [1.807, 2.05) is 46.7 Å². The van der Waals surface area contributed by atoms with Crippen molar-refractivity contribution in [3.63, 3.8) is 0 Å². The molecule has 6 rings (SSSR count). The van der Waals surface area contributed by atoms with Gasteiger partial charge < -0.3 is 19.6 Å². The predicted molar refractivity (Wildman–Crippen MR) is 150 cm³/mol. The normalized spacial score (nSPS) is 19.2. The Kier molecular flexibility index (Phi) is 9.10. The second kappa shape index (κ2) is 13.1. The molecule has 2 amide bonds. The highest BCUT2D eigenvalue weighted by molar-refractivity contribution is 5.82. The maximum atomic E-state index is 12.3. The quantitative estimate of drug-likeness (QED) is 0.615. The highest BCUT2D eigenvalue weighted by atomic mass is 16.2.